The van der Waals surface area contributed by atoms with E-state index < -0.39 is 11.9 Å². The molecule has 2 N–H and O–H groups in total. The Labute approximate surface area is 132 Å². The lowest BCUT2D eigenvalue weighted by Gasteiger charge is -2.35. The summed E-state index contributed by atoms with van der Waals surface area (Å²) < 4.78 is 0. The molecule has 6 heteroatoms. The van der Waals surface area contributed by atoms with E-state index in [1.807, 2.05) is 13.0 Å². The lowest BCUT2D eigenvalue weighted by molar-refractivity contribution is -0.145. The van der Waals surface area contributed by atoms with E-state index in [0.717, 1.165) is 0 Å². The number of hydrogen-bond acceptors (Lipinski definition) is 3. The van der Waals surface area contributed by atoms with Gasteiger partial charge in [0.25, 0.3) is 5.91 Å². The molecule has 6 nitrogen and oxygen atoms in total. The van der Waals surface area contributed by atoms with Crippen LogP contribution in [0.15, 0.2) is 35.1 Å². The molecule has 1 saturated heterocycles. The van der Waals surface area contributed by atoms with Crippen molar-refractivity contribution >= 4 is 22.8 Å². The number of piperidine rings is 1. The van der Waals surface area contributed by atoms with Crippen molar-refractivity contribution in [1.29, 1.82) is 0 Å². The number of para-hydroxylation sites is 1. The number of aromatic amines is 1. The Balaban J connectivity index is 1.93. The van der Waals surface area contributed by atoms with Crippen molar-refractivity contribution in [1.82, 2.24) is 9.88 Å². The molecule has 0 radical (unpaired) electrons. The molecule has 0 bridgehead atoms. The van der Waals surface area contributed by atoms with Gasteiger partial charge in [0.1, 0.15) is 0 Å². The highest BCUT2D eigenvalue weighted by Gasteiger charge is 2.33. The Bertz CT molecular complexity index is 827. The molecule has 23 heavy (non-hydrogen) atoms. The van der Waals surface area contributed by atoms with Crippen molar-refractivity contribution in [2.45, 2.75) is 13.3 Å². The summed E-state index contributed by atoms with van der Waals surface area (Å²) in [6.45, 7) is 2.62. The largest absolute Gasteiger partial charge is 0.481 e. The second-order valence-corrected chi connectivity index (χ2v) is 6.05. The van der Waals surface area contributed by atoms with Gasteiger partial charge in [-0.2, -0.15) is 0 Å². The van der Waals surface area contributed by atoms with Crippen molar-refractivity contribution in [3.05, 3.63) is 46.2 Å². The first-order chi connectivity index (χ1) is 11.0. The van der Waals surface area contributed by atoms with Gasteiger partial charge in [0, 0.05) is 30.1 Å². The van der Waals surface area contributed by atoms with Crippen LogP contribution in [0.2, 0.25) is 0 Å². The Hall–Kier alpha value is -2.63. The second-order valence-electron chi connectivity index (χ2n) is 6.05. The molecule has 2 aromatic rings. The monoisotopic (exact) mass is 314 g/mol. The third-order valence-electron chi connectivity index (χ3n) is 4.49. The summed E-state index contributed by atoms with van der Waals surface area (Å²) in [7, 11) is 0. The summed E-state index contributed by atoms with van der Waals surface area (Å²) in [6, 6.07) is 8.49. The molecule has 2 heterocycles. The molecule has 2 unspecified atom stereocenters. The normalized spacial score (nSPS) is 21.3. The molecular weight excluding hydrogens is 296 g/mol. The van der Waals surface area contributed by atoms with Crippen LogP contribution in [0.5, 0.6) is 0 Å². The highest BCUT2D eigenvalue weighted by atomic mass is 16.4. The third kappa shape index (κ3) is 2.84. The number of carboxylic acid groups (broad SMARTS) is 1. The maximum atomic E-state index is 12.8. The number of H-pyrrole nitrogens is 1. The van der Waals surface area contributed by atoms with E-state index in [1.54, 1.807) is 23.1 Å². The minimum Gasteiger partial charge on any atom is -0.481 e. The zero-order chi connectivity index (χ0) is 16.6. The van der Waals surface area contributed by atoms with Gasteiger partial charge in [-0.3, -0.25) is 14.4 Å². The lowest BCUT2D eigenvalue weighted by Crippen LogP contribution is -2.45. The fourth-order valence-electron chi connectivity index (χ4n) is 3.25. The van der Waals surface area contributed by atoms with E-state index in [9.17, 15) is 19.5 Å². The molecule has 3 rings (SSSR count). The number of rotatable bonds is 2. The molecular formula is C17H18N2O4. The number of aliphatic carboxylic acids is 1. The summed E-state index contributed by atoms with van der Waals surface area (Å²) in [5.74, 6) is -1.57. The first kappa shape index (κ1) is 15.3. The predicted octanol–water partition coefficient (Wildman–Crippen LogP) is 1.71. The molecule has 2 atom stereocenters. The summed E-state index contributed by atoms with van der Waals surface area (Å²) in [4.78, 5) is 40.1. The number of benzene rings is 1. The minimum absolute atomic E-state index is 0.113. The summed E-state index contributed by atoms with van der Waals surface area (Å²) in [5.41, 5.74) is 0.669. The van der Waals surface area contributed by atoms with Crippen molar-refractivity contribution in [3.8, 4) is 0 Å². The SMILES string of the molecule is CC1CN(C(=O)c2cc(=O)[nH]c3ccccc23)CCC1C(=O)O. The van der Waals surface area contributed by atoms with Crippen LogP contribution in [-0.4, -0.2) is 40.0 Å². The van der Waals surface area contributed by atoms with Gasteiger partial charge in [-0.15, -0.1) is 0 Å². The zero-order valence-electron chi connectivity index (χ0n) is 12.8. The van der Waals surface area contributed by atoms with Gasteiger partial charge in [0.15, 0.2) is 0 Å². The van der Waals surface area contributed by atoms with Crippen molar-refractivity contribution in [2.75, 3.05) is 13.1 Å². The first-order valence-corrected chi connectivity index (χ1v) is 7.61. The van der Waals surface area contributed by atoms with Gasteiger partial charge in [0.2, 0.25) is 5.56 Å². The van der Waals surface area contributed by atoms with Crippen LogP contribution in [0.3, 0.4) is 0 Å². The molecule has 1 aromatic heterocycles. The Morgan fingerprint density at radius 1 is 1.30 bits per heavy atom. The van der Waals surface area contributed by atoms with E-state index in [4.69, 9.17) is 0 Å². The van der Waals surface area contributed by atoms with Gasteiger partial charge in [-0.05, 0) is 18.4 Å². The molecule has 1 aliphatic heterocycles. The topological polar surface area (TPSA) is 90.5 Å². The lowest BCUT2D eigenvalue weighted by atomic mass is 9.86. The Morgan fingerprint density at radius 3 is 2.74 bits per heavy atom. The number of carboxylic acids is 1. The number of fused-ring (bicyclic) bond motifs is 1. The van der Waals surface area contributed by atoms with Gasteiger partial charge < -0.3 is 15.0 Å². The van der Waals surface area contributed by atoms with Crippen LogP contribution in [0.1, 0.15) is 23.7 Å². The fourth-order valence-corrected chi connectivity index (χ4v) is 3.25. The van der Waals surface area contributed by atoms with Crippen LogP contribution in [-0.2, 0) is 4.79 Å². The summed E-state index contributed by atoms with van der Waals surface area (Å²) in [6.07, 6.45) is 0.434. The van der Waals surface area contributed by atoms with Crippen LogP contribution in [0.25, 0.3) is 10.9 Å². The molecule has 0 spiro atoms. The highest BCUT2D eigenvalue weighted by molar-refractivity contribution is 6.06. The molecule has 120 valence electrons. The maximum absolute atomic E-state index is 12.8. The fraction of sp³-hybridized carbons (Fsp3) is 0.353. The second kappa shape index (κ2) is 5.87. The van der Waals surface area contributed by atoms with Gasteiger partial charge in [-0.1, -0.05) is 25.1 Å². The standard InChI is InChI=1S/C17H18N2O4/c1-10-9-19(7-6-11(10)17(22)23)16(21)13-8-15(20)18-14-5-3-2-4-12(13)14/h2-5,8,10-11H,6-7,9H2,1H3,(H,18,20)(H,22,23). The average Bonchev–Trinajstić information content (AvgIpc) is 2.52. The maximum Gasteiger partial charge on any atom is 0.306 e. The predicted molar refractivity (Wildman–Crippen MR) is 85.4 cm³/mol. The van der Waals surface area contributed by atoms with Crippen LogP contribution in [0, 0.1) is 11.8 Å². The molecule has 0 aliphatic carbocycles. The number of hydrogen-bond donors (Lipinski definition) is 2. The quantitative estimate of drug-likeness (QED) is 0.883. The molecule has 1 aromatic carbocycles. The zero-order valence-corrected chi connectivity index (χ0v) is 12.8. The van der Waals surface area contributed by atoms with Gasteiger partial charge in [-0.25, -0.2) is 0 Å². The van der Waals surface area contributed by atoms with Crippen LogP contribution in [0.4, 0.5) is 0 Å². The van der Waals surface area contributed by atoms with Crippen molar-refractivity contribution < 1.29 is 14.7 Å². The first-order valence-electron chi connectivity index (χ1n) is 7.61. The van der Waals surface area contributed by atoms with E-state index >= 15 is 0 Å². The van der Waals surface area contributed by atoms with Gasteiger partial charge in [0.05, 0.1) is 11.5 Å². The summed E-state index contributed by atoms with van der Waals surface area (Å²) in [5, 5.41) is 9.88. The highest BCUT2D eigenvalue weighted by Crippen LogP contribution is 2.26. The van der Waals surface area contributed by atoms with Crippen molar-refractivity contribution in [3.63, 3.8) is 0 Å². The number of pyridine rings is 1. The Kier molecular flexibility index (Phi) is 3.90. The molecule has 1 amide bonds. The number of nitrogens with zero attached hydrogens (tertiary/aromatic N) is 1. The Morgan fingerprint density at radius 2 is 2.04 bits per heavy atom. The number of aromatic nitrogens is 1. The van der Waals surface area contributed by atoms with E-state index in [2.05, 4.69) is 4.98 Å². The number of carbonyl (C=O) groups excluding carboxylic acids is 1. The minimum atomic E-state index is -0.814. The van der Waals surface area contributed by atoms with E-state index in [1.165, 1.54) is 6.07 Å². The smallest absolute Gasteiger partial charge is 0.306 e. The number of carbonyl (C=O) groups is 2. The average molecular weight is 314 g/mol. The molecule has 1 fully saturated rings. The molecule has 0 saturated carbocycles. The van der Waals surface area contributed by atoms with Gasteiger partial charge >= 0.3 is 5.97 Å². The van der Waals surface area contributed by atoms with Crippen molar-refractivity contribution in [2.24, 2.45) is 11.8 Å². The van der Waals surface area contributed by atoms with Crippen LogP contribution >= 0.6 is 0 Å². The number of nitrogens with one attached hydrogen (secondary N) is 1. The number of likely N-dealkylation sites (tertiary alicyclic amines) is 1. The molecule has 1 aliphatic rings. The number of amides is 1. The third-order valence-corrected chi connectivity index (χ3v) is 4.49. The van der Waals surface area contributed by atoms with E-state index in [0.29, 0.717) is 36.0 Å². The summed E-state index contributed by atoms with van der Waals surface area (Å²) >= 11 is 0. The van der Waals surface area contributed by atoms with Crippen LogP contribution < -0.4 is 5.56 Å². The van der Waals surface area contributed by atoms with E-state index in [-0.39, 0.29) is 17.4 Å².